The van der Waals surface area contributed by atoms with Gasteiger partial charge in [-0.25, -0.2) is 4.98 Å². The average molecular weight is 196 g/mol. The van der Waals surface area contributed by atoms with Crippen LogP contribution in [0.4, 0.5) is 5.69 Å². The van der Waals surface area contributed by atoms with Crippen molar-refractivity contribution in [1.29, 1.82) is 0 Å². The van der Waals surface area contributed by atoms with E-state index in [1.165, 1.54) is 12.1 Å². The van der Waals surface area contributed by atoms with Gasteiger partial charge in [-0.15, -0.1) is 5.11 Å². The van der Waals surface area contributed by atoms with Crippen LogP contribution in [0, 0.1) is 0 Å². The summed E-state index contributed by atoms with van der Waals surface area (Å²) in [5, 5.41) is 17.5. The highest BCUT2D eigenvalue weighted by atomic mass is 16.5. The molecule has 0 aliphatic rings. The summed E-state index contributed by atoms with van der Waals surface area (Å²) in [6.45, 7) is -0.188. The molecule has 0 spiro atoms. The van der Waals surface area contributed by atoms with Crippen LogP contribution in [0.3, 0.4) is 0 Å². The molecule has 1 N–H and O–H groups in total. The van der Waals surface area contributed by atoms with Gasteiger partial charge in [-0.2, -0.15) is 0 Å². The minimum Gasteiger partial charge on any atom is -0.479 e. The second-order valence-corrected chi connectivity index (χ2v) is 2.52. The number of hydrogen-bond donors (Lipinski definition) is 1. The summed E-state index contributed by atoms with van der Waals surface area (Å²) in [6, 6.07) is 3.45. The zero-order valence-electron chi connectivity index (χ0n) is 8.08. The van der Waals surface area contributed by atoms with Crippen LogP contribution in [0.1, 0.15) is 0 Å². The molecule has 0 saturated carbocycles. The van der Waals surface area contributed by atoms with Crippen LogP contribution in [0.25, 0.3) is 0 Å². The van der Waals surface area contributed by atoms with Crippen molar-refractivity contribution in [3.05, 3.63) is 18.3 Å². The summed E-state index contributed by atoms with van der Waals surface area (Å²) < 4.78 is 4.97. The van der Waals surface area contributed by atoms with Crippen LogP contribution in [-0.4, -0.2) is 36.0 Å². The second-order valence-electron chi connectivity index (χ2n) is 2.52. The van der Waals surface area contributed by atoms with Crippen LogP contribution in [0.5, 0.6) is 5.88 Å². The number of methoxy groups -OCH3 is 1. The lowest BCUT2D eigenvalue weighted by molar-refractivity contribution is 0.129. The van der Waals surface area contributed by atoms with Crippen LogP contribution in [0.15, 0.2) is 28.7 Å². The Morgan fingerprint density at radius 3 is 3.07 bits per heavy atom. The molecule has 0 fully saturated rings. The smallest absolute Gasteiger partial charge is 0.241 e. The SMILES string of the molecule is COc1ncccc1N=NN(C)CO. The predicted octanol–water partition coefficient (Wildman–Crippen LogP) is 0.970. The third kappa shape index (κ3) is 2.67. The van der Waals surface area contributed by atoms with Crippen LogP contribution in [0.2, 0.25) is 0 Å². The van der Waals surface area contributed by atoms with Gasteiger partial charge in [0.1, 0.15) is 12.4 Å². The Balaban J connectivity index is 2.80. The Labute approximate surface area is 81.8 Å². The lowest BCUT2D eigenvalue weighted by Crippen LogP contribution is -2.10. The summed E-state index contributed by atoms with van der Waals surface area (Å²) >= 11 is 0. The lowest BCUT2D eigenvalue weighted by Gasteiger charge is -2.05. The average Bonchev–Trinajstić information content (AvgIpc) is 2.26. The maximum atomic E-state index is 8.66. The fraction of sp³-hybridized carbons (Fsp3) is 0.375. The zero-order chi connectivity index (χ0) is 10.4. The summed E-state index contributed by atoms with van der Waals surface area (Å²) in [5.74, 6) is 0.405. The standard InChI is InChI=1S/C8H12N4O2/c1-12(6-13)11-10-7-4-3-5-9-8(7)14-2/h3-5,13H,6H2,1-2H3. The quantitative estimate of drug-likeness (QED) is 0.442. The number of aliphatic hydroxyl groups excluding tert-OH is 1. The lowest BCUT2D eigenvalue weighted by atomic mass is 10.4. The van der Waals surface area contributed by atoms with Gasteiger partial charge in [-0.05, 0) is 12.1 Å². The highest BCUT2D eigenvalue weighted by Crippen LogP contribution is 2.23. The van der Waals surface area contributed by atoms with Gasteiger partial charge in [-0.1, -0.05) is 5.22 Å². The number of hydrogen-bond acceptors (Lipinski definition) is 5. The fourth-order valence-electron chi connectivity index (χ4n) is 0.769. The van der Waals surface area contributed by atoms with Gasteiger partial charge in [0.2, 0.25) is 5.88 Å². The molecule has 0 amide bonds. The molecule has 0 aliphatic heterocycles. The molecule has 0 unspecified atom stereocenters. The van der Waals surface area contributed by atoms with Crippen LogP contribution < -0.4 is 4.74 Å². The molecule has 0 atom stereocenters. The zero-order valence-corrected chi connectivity index (χ0v) is 8.08. The Bertz CT molecular complexity index is 316. The summed E-state index contributed by atoms with van der Waals surface area (Å²) in [5.41, 5.74) is 0.523. The van der Waals surface area contributed by atoms with Crippen molar-refractivity contribution >= 4 is 5.69 Å². The first-order chi connectivity index (χ1) is 6.77. The topological polar surface area (TPSA) is 70.3 Å². The highest BCUT2D eigenvalue weighted by molar-refractivity contribution is 5.45. The van der Waals surface area contributed by atoms with Crippen LogP contribution in [-0.2, 0) is 0 Å². The number of ether oxygens (including phenoxy) is 1. The molecular weight excluding hydrogens is 184 g/mol. The van der Waals surface area contributed by atoms with Crippen molar-refractivity contribution < 1.29 is 9.84 Å². The molecule has 0 bridgehead atoms. The molecule has 0 aromatic carbocycles. The van der Waals surface area contributed by atoms with Crippen molar-refractivity contribution in [2.24, 2.45) is 10.3 Å². The van der Waals surface area contributed by atoms with Crippen molar-refractivity contribution in [2.75, 3.05) is 20.9 Å². The van der Waals surface area contributed by atoms with Crippen molar-refractivity contribution in [3.8, 4) is 5.88 Å². The molecule has 0 aliphatic carbocycles. The Kier molecular flexibility index (Phi) is 3.81. The van der Waals surface area contributed by atoms with E-state index in [0.29, 0.717) is 11.6 Å². The molecule has 1 aromatic rings. The number of rotatable bonds is 4. The Hall–Kier alpha value is -1.69. The van der Waals surface area contributed by atoms with Gasteiger partial charge in [0, 0.05) is 13.2 Å². The molecule has 76 valence electrons. The highest BCUT2D eigenvalue weighted by Gasteiger charge is 2.00. The molecule has 1 heterocycles. The minimum absolute atomic E-state index is 0.188. The summed E-state index contributed by atoms with van der Waals surface area (Å²) in [4.78, 5) is 3.94. The normalized spacial score (nSPS) is 10.5. The van der Waals surface area contributed by atoms with E-state index in [1.807, 2.05) is 0 Å². The van der Waals surface area contributed by atoms with E-state index in [9.17, 15) is 0 Å². The van der Waals surface area contributed by atoms with Crippen molar-refractivity contribution in [2.45, 2.75) is 0 Å². The number of aliphatic hydroxyl groups is 1. The molecule has 6 heteroatoms. The van der Waals surface area contributed by atoms with E-state index in [4.69, 9.17) is 9.84 Å². The van der Waals surface area contributed by atoms with Gasteiger partial charge in [0.25, 0.3) is 0 Å². The van der Waals surface area contributed by atoms with E-state index in [0.717, 1.165) is 0 Å². The van der Waals surface area contributed by atoms with E-state index in [1.54, 1.807) is 25.4 Å². The first-order valence-electron chi connectivity index (χ1n) is 4.00. The molecular formula is C8H12N4O2. The number of nitrogens with zero attached hydrogens (tertiary/aromatic N) is 4. The molecule has 0 saturated heterocycles. The monoisotopic (exact) mass is 196 g/mol. The maximum absolute atomic E-state index is 8.66. The number of aromatic nitrogens is 1. The Morgan fingerprint density at radius 1 is 1.64 bits per heavy atom. The van der Waals surface area contributed by atoms with Gasteiger partial charge >= 0.3 is 0 Å². The first-order valence-corrected chi connectivity index (χ1v) is 4.00. The number of pyridine rings is 1. The van der Waals surface area contributed by atoms with E-state index in [2.05, 4.69) is 15.3 Å². The largest absolute Gasteiger partial charge is 0.479 e. The molecule has 1 rings (SSSR count). The first kappa shape index (κ1) is 10.4. The molecule has 14 heavy (non-hydrogen) atoms. The Morgan fingerprint density at radius 2 is 2.43 bits per heavy atom. The van der Waals surface area contributed by atoms with E-state index in [-0.39, 0.29) is 6.73 Å². The van der Waals surface area contributed by atoms with Gasteiger partial charge in [-0.3, -0.25) is 5.01 Å². The molecule has 6 nitrogen and oxygen atoms in total. The van der Waals surface area contributed by atoms with Gasteiger partial charge < -0.3 is 9.84 Å². The molecule has 0 radical (unpaired) electrons. The van der Waals surface area contributed by atoms with Gasteiger partial charge in [0.15, 0.2) is 0 Å². The van der Waals surface area contributed by atoms with Crippen molar-refractivity contribution in [3.63, 3.8) is 0 Å². The van der Waals surface area contributed by atoms with Gasteiger partial charge in [0.05, 0.1) is 7.11 Å². The third-order valence-electron chi connectivity index (χ3n) is 1.45. The summed E-state index contributed by atoms with van der Waals surface area (Å²) in [7, 11) is 3.11. The fourth-order valence-corrected chi connectivity index (χ4v) is 0.769. The second kappa shape index (κ2) is 5.13. The molecule has 1 aromatic heterocycles. The van der Waals surface area contributed by atoms with E-state index >= 15 is 0 Å². The predicted molar refractivity (Wildman–Crippen MR) is 50.2 cm³/mol. The van der Waals surface area contributed by atoms with E-state index < -0.39 is 0 Å². The third-order valence-corrected chi connectivity index (χ3v) is 1.45. The van der Waals surface area contributed by atoms with Crippen LogP contribution >= 0.6 is 0 Å². The summed E-state index contributed by atoms with van der Waals surface area (Å²) in [6.07, 6.45) is 1.60. The minimum atomic E-state index is -0.188. The van der Waals surface area contributed by atoms with Crippen molar-refractivity contribution in [1.82, 2.24) is 9.99 Å². The maximum Gasteiger partial charge on any atom is 0.241 e.